The highest BCUT2D eigenvalue weighted by molar-refractivity contribution is 7.84. The molecule has 0 radical (unpaired) electrons. The number of oxime groups is 1. The number of β-lactam (4-membered cyclic amide) rings is 1. The van der Waals surface area contributed by atoms with Crippen molar-refractivity contribution in [2.24, 2.45) is 11.1 Å². The summed E-state index contributed by atoms with van der Waals surface area (Å²) >= 11 is 0.919. The molecule has 2 amide bonds. The highest BCUT2D eigenvalue weighted by Gasteiger charge is 2.54. The second-order valence-corrected chi connectivity index (χ2v) is 12.2. The van der Waals surface area contributed by atoms with Gasteiger partial charge >= 0.3 is 16.3 Å². The van der Waals surface area contributed by atoms with E-state index in [1.165, 1.54) is 5.38 Å². The van der Waals surface area contributed by atoms with Crippen LogP contribution in [0.3, 0.4) is 0 Å². The number of nitrogen functional groups attached to an aromatic ring is 1. The predicted octanol–water partition coefficient (Wildman–Crippen LogP) is -1.11. The zero-order valence-electron chi connectivity index (χ0n) is 23.6. The number of nitrogens with two attached hydrogens (primary N) is 1. The standard InChI is InChI=1S/C24H24N8O12S2/c1-24(2,22(38)39)44-30-18(12-9-45-23(25)29-12)16(34)5-10-14(32(21(10)37)46(41,42)43)7-27-20(36)11-3-4-26-19(28-11)13-6-15(33)17(35)8-31(13)40/h3-4,6,8-10,14,35,40H,5,7H2,1-2H3,(H2,25,29)(H,27,36)(H,38,39)(H,41,42,43)/b30-18-/t10-,14+/m0/s1. The van der Waals surface area contributed by atoms with Crippen molar-refractivity contribution < 1.29 is 52.4 Å². The second-order valence-electron chi connectivity index (χ2n) is 10.1. The molecule has 1 aliphatic heterocycles. The number of Topliss-reactive ketones (excluding diaryl/α,β-unsaturated/α-hetero) is 1. The summed E-state index contributed by atoms with van der Waals surface area (Å²) in [5.74, 6) is -6.98. The van der Waals surface area contributed by atoms with Gasteiger partial charge in [-0.2, -0.15) is 13.1 Å². The number of hydrogen-bond acceptors (Lipinski definition) is 16. The van der Waals surface area contributed by atoms with Gasteiger partial charge in [0.1, 0.15) is 17.1 Å². The third-order valence-corrected chi connectivity index (χ3v) is 8.09. The number of nitrogens with zero attached hydrogens (tertiary/aromatic N) is 6. The van der Waals surface area contributed by atoms with Crippen molar-refractivity contribution in [2.45, 2.75) is 31.9 Å². The largest absolute Gasteiger partial charge is 0.503 e. The van der Waals surface area contributed by atoms with E-state index in [2.05, 4.69) is 25.4 Å². The van der Waals surface area contributed by atoms with Crippen LogP contribution in [0.25, 0.3) is 11.5 Å². The van der Waals surface area contributed by atoms with Crippen molar-refractivity contribution in [3.8, 4) is 17.3 Å². The molecule has 2 atom stereocenters. The Bertz CT molecular complexity index is 1940. The number of carbonyl (C=O) groups excluding carboxylic acids is 3. The Balaban J connectivity index is 1.56. The molecule has 1 aliphatic rings. The minimum atomic E-state index is -5.14. The number of aliphatic carboxylic acids is 1. The molecule has 46 heavy (non-hydrogen) atoms. The topological polar surface area (TPSA) is 307 Å². The molecule has 244 valence electrons. The Morgan fingerprint density at radius 3 is 2.52 bits per heavy atom. The van der Waals surface area contributed by atoms with Crippen LogP contribution in [0.4, 0.5) is 5.13 Å². The Morgan fingerprint density at radius 1 is 1.22 bits per heavy atom. The Labute approximate surface area is 261 Å². The lowest BCUT2D eigenvalue weighted by Crippen LogP contribution is -2.66. The third kappa shape index (κ3) is 6.92. The number of aromatic hydroxyl groups is 1. The van der Waals surface area contributed by atoms with Crippen LogP contribution < -0.4 is 16.5 Å². The molecule has 7 N–H and O–H groups in total. The van der Waals surface area contributed by atoms with E-state index in [1.807, 2.05) is 0 Å². The number of carbonyl (C=O) groups is 4. The Hall–Kier alpha value is -5.48. The minimum Gasteiger partial charge on any atom is -0.503 e. The molecule has 22 heteroatoms. The van der Waals surface area contributed by atoms with Crippen molar-refractivity contribution >= 4 is 56.1 Å². The molecule has 0 spiro atoms. The first kappa shape index (κ1) is 33.4. The van der Waals surface area contributed by atoms with Gasteiger partial charge in [-0.05, 0) is 19.9 Å². The van der Waals surface area contributed by atoms with Gasteiger partial charge in [0, 0.05) is 30.6 Å². The van der Waals surface area contributed by atoms with Gasteiger partial charge in [0.15, 0.2) is 28.2 Å². The maximum atomic E-state index is 13.3. The van der Waals surface area contributed by atoms with Crippen LogP contribution in [0.1, 0.15) is 36.5 Å². The van der Waals surface area contributed by atoms with Crippen LogP contribution in [0, 0.1) is 5.92 Å². The van der Waals surface area contributed by atoms with Crippen LogP contribution >= 0.6 is 11.3 Å². The van der Waals surface area contributed by atoms with Crippen LogP contribution in [0.2, 0.25) is 0 Å². The molecule has 1 fully saturated rings. The number of hydrogen-bond donors (Lipinski definition) is 6. The van der Waals surface area contributed by atoms with Gasteiger partial charge in [-0.3, -0.25) is 23.7 Å². The number of pyridine rings is 1. The summed E-state index contributed by atoms with van der Waals surface area (Å²) in [7, 11) is -5.14. The first-order valence-electron chi connectivity index (χ1n) is 12.7. The predicted molar refractivity (Wildman–Crippen MR) is 154 cm³/mol. The van der Waals surface area contributed by atoms with E-state index in [-0.39, 0.29) is 32.3 Å². The van der Waals surface area contributed by atoms with Gasteiger partial charge in [-0.25, -0.2) is 24.1 Å². The summed E-state index contributed by atoms with van der Waals surface area (Å²) in [6.45, 7) is 1.69. The van der Waals surface area contributed by atoms with E-state index in [0.717, 1.165) is 43.5 Å². The van der Waals surface area contributed by atoms with Gasteiger partial charge in [0.05, 0.1) is 18.2 Å². The fraction of sp³-hybridized carbons (Fsp3) is 0.292. The molecule has 4 rings (SSSR count). The summed E-state index contributed by atoms with van der Waals surface area (Å²) in [4.78, 5) is 79.0. The number of thiazole rings is 1. The highest BCUT2D eigenvalue weighted by Crippen LogP contribution is 2.32. The summed E-state index contributed by atoms with van der Waals surface area (Å²) in [6.07, 6.45) is 1.06. The number of aromatic nitrogens is 4. The van der Waals surface area contributed by atoms with Gasteiger partial charge in [-0.1, -0.05) is 5.16 Å². The van der Waals surface area contributed by atoms with Gasteiger partial charge < -0.3 is 31.3 Å². The minimum absolute atomic E-state index is 0.0198. The molecule has 0 unspecified atom stereocenters. The zero-order valence-corrected chi connectivity index (χ0v) is 25.2. The maximum Gasteiger partial charge on any atom is 0.362 e. The molecule has 0 aromatic carbocycles. The highest BCUT2D eigenvalue weighted by atomic mass is 32.2. The summed E-state index contributed by atoms with van der Waals surface area (Å²) in [6, 6.07) is 0.464. The molecule has 3 aromatic rings. The molecule has 0 bridgehead atoms. The fourth-order valence-corrected chi connectivity index (χ4v) is 5.49. The number of amides is 2. The lowest BCUT2D eigenvalue weighted by Gasteiger charge is -2.44. The number of anilines is 1. The van der Waals surface area contributed by atoms with Crippen LogP contribution in [-0.2, 0) is 29.5 Å². The number of carboxylic acid groups (broad SMARTS) is 1. The van der Waals surface area contributed by atoms with Crippen LogP contribution in [-0.4, -0.2) is 99.8 Å². The first-order chi connectivity index (χ1) is 21.4. The molecular formula is C24H24N8O12S2. The molecule has 4 heterocycles. The average Bonchev–Trinajstić information content (AvgIpc) is 3.40. The maximum absolute atomic E-state index is 13.3. The van der Waals surface area contributed by atoms with E-state index in [9.17, 15) is 52.4 Å². The summed E-state index contributed by atoms with van der Waals surface area (Å²) in [5.41, 5.74) is 1.63. The number of carboxylic acids is 1. The number of ketones is 1. The third-order valence-electron chi connectivity index (χ3n) is 6.46. The Kier molecular flexibility index (Phi) is 9.07. The quantitative estimate of drug-likeness (QED) is 0.0434. The van der Waals surface area contributed by atoms with Crippen molar-refractivity contribution in [1.82, 2.24) is 29.3 Å². The van der Waals surface area contributed by atoms with Crippen LogP contribution in [0.15, 0.2) is 39.9 Å². The van der Waals surface area contributed by atoms with E-state index in [1.54, 1.807) is 0 Å². The van der Waals surface area contributed by atoms with Crippen molar-refractivity contribution in [3.63, 3.8) is 0 Å². The second kappa shape index (κ2) is 12.5. The van der Waals surface area contributed by atoms with Crippen LogP contribution in [0.5, 0.6) is 5.75 Å². The molecule has 0 aliphatic carbocycles. The van der Waals surface area contributed by atoms with Gasteiger partial charge in [0.25, 0.3) is 5.91 Å². The van der Waals surface area contributed by atoms with Crippen molar-refractivity contribution in [3.05, 3.63) is 51.5 Å². The van der Waals surface area contributed by atoms with E-state index in [0.29, 0.717) is 10.9 Å². The molecule has 20 nitrogen and oxygen atoms in total. The zero-order chi connectivity index (χ0) is 34.1. The first-order valence-corrected chi connectivity index (χ1v) is 15.0. The summed E-state index contributed by atoms with van der Waals surface area (Å²) in [5, 5.41) is 36.1. The van der Waals surface area contributed by atoms with Gasteiger partial charge in [-0.15, -0.1) is 11.3 Å². The molecular weight excluding hydrogens is 656 g/mol. The molecule has 3 aromatic heterocycles. The van der Waals surface area contributed by atoms with Gasteiger partial charge in [0.2, 0.25) is 16.9 Å². The molecule has 1 saturated heterocycles. The average molecular weight is 681 g/mol. The van der Waals surface area contributed by atoms with Crippen molar-refractivity contribution in [2.75, 3.05) is 12.3 Å². The SMILES string of the molecule is CC(C)(O/N=C(\C(=O)C[C@@H]1C(=O)N(S(=O)(=O)O)[C@@H]1CNC(=O)c1ccnc(-c2cc(=O)c(O)cn2O)n1)c1csc(N)n1)C(=O)O. The smallest absolute Gasteiger partial charge is 0.362 e. The fourth-order valence-electron chi connectivity index (χ4n) is 4.01. The Morgan fingerprint density at radius 2 is 1.91 bits per heavy atom. The summed E-state index contributed by atoms with van der Waals surface area (Å²) < 4.78 is 33.9. The lowest BCUT2D eigenvalue weighted by molar-refractivity contribution is -0.161. The van der Waals surface area contributed by atoms with E-state index >= 15 is 0 Å². The normalized spacial score (nSPS) is 16.9. The number of nitrogens with one attached hydrogen (secondary N) is 1. The molecule has 0 saturated carbocycles. The monoisotopic (exact) mass is 680 g/mol. The lowest BCUT2D eigenvalue weighted by atomic mass is 9.84. The number of rotatable bonds is 12. The van der Waals surface area contributed by atoms with E-state index in [4.69, 9.17) is 10.6 Å². The van der Waals surface area contributed by atoms with Crippen molar-refractivity contribution in [1.29, 1.82) is 0 Å². The van der Waals surface area contributed by atoms with E-state index < -0.39 is 81.3 Å².